The molecule has 118 valence electrons. The first-order valence-electron chi connectivity index (χ1n) is 7.98. The number of anilines is 2. The van der Waals surface area contributed by atoms with Gasteiger partial charge in [-0.25, -0.2) is 0 Å². The summed E-state index contributed by atoms with van der Waals surface area (Å²) in [5, 5.41) is 0. The molecule has 0 atom stereocenters. The number of benzene rings is 1. The van der Waals surface area contributed by atoms with Crippen LogP contribution in [0, 0.1) is 0 Å². The van der Waals surface area contributed by atoms with Gasteiger partial charge in [0.15, 0.2) is 0 Å². The molecule has 4 nitrogen and oxygen atoms in total. The highest BCUT2D eigenvalue weighted by Crippen LogP contribution is 2.40. The molecule has 0 radical (unpaired) electrons. The van der Waals surface area contributed by atoms with E-state index in [9.17, 15) is 0 Å². The molecule has 1 aromatic carbocycles. The number of nitrogens with two attached hydrogens (primary N) is 1. The standard InChI is InChI=1S/C17H29N3O/c1-5-17(6-2)13-20(11-7-10-19(3)4)15-12-14(18)8-9-16(15)21-17/h8-9,12H,5-7,10-11,13,18H2,1-4H3. The van der Waals surface area contributed by atoms with Crippen molar-refractivity contribution >= 4 is 11.4 Å². The van der Waals surface area contributed by atoms with E-state index in [2.05, 4.69) is 37.7 Å². The van der Waals surface area contributed by atoms with E-state index in [1.165, 1.54) is 0 Å². The lowest BCUT2D eigenvalue weighted by Crippen LogP contribution is -2.50. The van der Waals surface area contributed by atoms with E-state index in [0.717, 1.165) is 56.0 Å². The Morgan fingerprint density at radius 1 is 1.29 bits per heavy atom. The molecule has 0 aliphatic carbocycles. The van der Waals surface area contributed by atoms with Gasteiger partial charge in [-0.2, -0.15) is 0 Å². The van der Waals surface area contributed by atoms with E-state index in [1.54, 1.807) is 0 Å². The fourth-order valence-electron chi connectivity index (χ4n) is 2.96. The number of nitrogens with zero attached hydrogens (tertiary/aromatic N) is 2. The van der Waals surface area contributed by atoms with Crippen molar-refractivity contribution in [2.75, 3.05) is 44.4 Å². The Balaban J connectivity index is 2.22. The van der Waals surface area contributed by atoms with Gasteiger partial charge in [-0.1, -0.05) is 13.8 Å². The largest absolute Gasteiger partial charge is 0.483 e. The molecule has 0 amide bonds. The van der Waals surface area contributed by atoms with Gasteiger partial charge in [0.2, 0.25) is 0 Å². The summed E-state index contributed by atoms with van der Waals surface area (Å²) in [6.07, 6.45) is 3.19. The van der Waals surface area contributed by atoms with Gasteiger partial charge in [0.1, 0.15) is 11.4 Å². The van der Waals surface area contributed by atoms with Crippen LogP contribution in [-0.2, 0) is 0 Å². The van der Waals surface area contributed by atoms with Crippen LogP contribution < -0.4 is 15.4 Å². The first kappa shape index (κ1) is 16.0. The first-order valence-corrected chi connectivity index (χ1v) is 7.98. The van der Waals surface area contributed by atoms with Crippen molar-refractivity contribution in [1.29, 1.82) is 0 Å². The highest BCUT2D eigenvalue weighted by atomic mass is 16.5. The van der Waals surface area contributed by atoms with Crippen molar-refractivity contribution in [1.82, 2.24) is 4.90 Å². The molecule has 0 unspecified atom stereocenters. The van der Waals surface area contributed by atoms with Crippen LogP contribution in [0.15, 0.2) is 18.2 Å². The zero-order chi connectivity index (χ0) is 15.5. The summed E-state index contributed by atoms with van der Waals surface area (Å²) in [6, 6.07) is 5.99. The number of fused-ring (bicyclic) bond motifs is 1. The molecular formula is C17H29N3O. The van der Waals surface area contributed by atoms with Gasteiger partial charge in [-0.3, -0.25) is 0 Å². The molecule has 0 saturated heterocycles. The fourth-order valence-corrected chi connectivity index (χ4v) is 2.96. The van der Waals surface area contributed by atoms with Crippen LogP contribution in [0.3, 0.4) is 0 Å². The minimum Gasteiger partial charge on any atom is -0.483 e. The van der Waals surface area contributed by atoms with Crippen LogP contribution in [0.1, 0.15) is 33.1 Å². The number of rotatable bonds is 6. The van der Waals surface area contributed by atoms with Crippen LogP contribution in [-0.4, -0.2) is 44.2 Å². The summed E-state index contributed by atoms with van der Waals surface area (Å²) in [5.41, 5.74) is 7.84. The molecule has 1 heterocycles. The summed E-state index contributed by atoms with van der Waals surface area (Å²) in [5.74, 6) is 0.976. The lowest BCUT2D eigenvalue weighted by molar-refractivity contribution is 0.0573. The molecule has 2 rings (SSSR count). The second-order valence-corrected chi connectivity index (χ2v) is 6.30. The quantitative estimate of drug-likeness (QED) is 0.818. The Hall–Kier alpha value is -1.42. The monoisotopic (exact) mass is 291 g/mol. The van der Waals surface area contributed by atoms with Crippen molar-refractivity contribution < 1.29 is 4.74 Å². The van der Waals surface area contributed by atoms with E-state index in [0.29, 0.717) is 0 Å². The third-order valence-electron chi connectivity index (χ3n) is 4.45. The molecule has 4 heteroatoms. The molecule has 0 fully saturated rings. The van der Waals surface area contributed by atoms with Gasteiger partial charge < -0.3 is 20.3 Å². The van der Waals surface area contributed by atoms with Gasteiger partial charge in [-0.15, -0.1) is 0 Å². The van der Waals surface area contributed by atoms with Crippen molar-refractivity contribution in [2.24, 2.45) is 0 Å². The van der Waals surface area contributed by atoms with E-state index >= 15 is 0 Å². The maximum absolute atomic E-state index is 6.32. The first-order chi connectivity index (χ1) is 9.99. The van der Waals surface area contributed by atoms with E-state index in [-0.39, 0.29) is 5.60 Å². The van der Waals surface area contributed by atoms with Crippen LogP contribution in [0.2, 0.25) is 0 Å². The number of hydrogen-bond donors (Lipinski definition) is 1. The Morgan fingerprint density at radius 2 is 2.00 bits per heavy atom. The molecule has 1 aromatic rings. The summed E-state index contributed by atoms with van der Waals surface area (Å²) >= 11 is 0. The van der Waals surface area contributed by atoms with Gasteiger partial charge in [0.05, 0.1) is 12.2 Å². The smallest absolute Gasteiger partial charge is 0.143 e. The van der Waals surface area contributed by atoms with E-state index in [1.807, 2.05) is 18.2 Å². The lowest BCUT2D eigenvalue weighted by atomic mass is 9.93. The Bertz CT molecular complexity index is 469. The van der Waals surface area contributed by atoms with Gasteiger partial charge in [0.25, 0.3) is 0 Å². The van der Waals surface area contributed by atoms with Crippen molar-refractivity contribution in [2.45, 2.75) is 38.7 Å². The third kappa shape index (κ3) is 3.62. The van der Waals surface area contributed by atoms with Gasteiger partial charge in [0, 0.05) is 12.2 Å². The van der Waals surface area contributed by atoms with Crippen LogP contribution in [0.4, 0.5) is 11.4 Å². The molecule has 2 N–H and O–H groups in total. The lowest BCUT2D eigenvalue weighted by Gasteiger charge is -2.44. The molecular weight excluding hydrogens is 262 g/mol. The third-order valence-corrected chi connectivity index (χ3v) is 4.45. The van der Waals surface area contributed by atoms with E-state index < -0.39 is 0 Å². The van der Waals surface area contributed by atoms with Crippen molar-refractivity contribution in [3.05, 3.63) is 18.2 Å². The predicted octanol–water partition coefficient (Wildman–Crippen LogP) is 2.98. The highest BCUT2D eigenvalue weighted by molar-refractivity contribution is 5.66. The summed E-state index contributed by atoms with van der Waals surface area (Å²) in [7, 11) is 4.24. The predicted molar refractivity (Wildman–Crippen MR) is 90.2 cm³/mol. The maximum atomic E-state index is 6.32. The topological polar surface area (TPSA) is 41.7 Å². The summed E-state index contributed by atoms with van der Waals surface area (Å²) in [6.45, 7) is 7.51. The molecule has 1 aliphatic rings. The van der Waals surface area contributed by atoms with Crippen LogP contribution in [0.5, 0.6) is 5.75 Å². The molecule has 21 heavy (non-hydrogen) atoms. The molecule has 0 aromatic heterocycles. The number of nitrogen functional groups attached to an aromatic ring is 1. The molecule has 0 spiro atoms. The maximum Gasteiger partial charge on any atom is 0.143 e. The Morgan fingerprint density at radius 3 is 2.62 bits per heavy atom. The Labute approximate surface area is 128 Å². The minimum absolute atomic E-state index is 0.0682. The van der Waals surface area contributed by atoms with Crippen molar-refractivity contribution in [3.63, 3.8) is 0 Å². The number of ether oxygens (including phenoxy) is 1. The van der Waals surface area contributed by atoms with Crippen molar-refractivity contribution in [3.8, 4) is 5.75 Å². The molecule has 1 aliphatic heterocycles. The van der Waals surface area contributed by atoms with Crippen LogP contribution >= 0.6 is 0 Å². The SMILES string of the molecule is CCC1(CC)CN(CCCN(C)C)c2cc(N)ccc2O1. The number of hydrogen-bond acceptors (Lipinski definition) is 4. The second-order valence-electron chi connectivity index (χ2n) is 6.30. The molecule has 0 bridgehead atoms. The average Bonchev–Trinajstić information content (AvgIpc) is 2.47. The Kier molecular flexibility index (Phi) is 4.99. The zero-order valence-electron chi connectivity index (χ0n) is 13.9. The molecule has 0 saturated carbocycles. The highest BCUT2D eigenvalue weighted by Gasteiger charge is 2.36. The normalized spacial score (nSPS) is 16.7. The van der Waals surface area contributed by atoms with E-state index in [4.69, 9.17) is 10.5 Å². The van der Waals surface area contributed by atoms with Gasteiger partial charge >= 0.3 is 0 Å². The second kappa shape index (κ2) is 6.56. The van der Waals surface area contributed by atoms with Crippen LogP contribution in [0.25, 0.3) is 0 Å². The average molecular weight is 291 g/mol. The van der Waals surface area contributed by atoms with Gasteiger partial charge in [-0.05, 0) is 58.1 Å². The minimum atomic E-state index is -0.0682. The zero-order valence-corrected chi connectivity index (χ0v) is 13.9. The summed E-state index contributed by atoms with van der Waals surface area (Å²) in [4.78, 5) is 4.68. The fraction of sp³-hybridized carbons (Fsp3) is 0.647. The summed E-state index contributed by atoms with van der Waals surface area (Å²) < 4.78 is 6.32.